The number of piperidine rings is 1. The first-order valence-electron chi connectivity index (χ1n) is 8.59. The van der Waals surface area contributed by atoms with E-state index in [9.17, 15) is 5.11 Å². The molecular formula is C17H28N4O. The van der Waals surface area contributed by atoms with Crippen LogP contribution in [0.2, 0.25) is 0 Å². The van der Waals surface area contributed by atoms with Gasteiger partial charge in [0, 0.05) is 19.6 Å². The Morgan fingerprint density at radius 1 is 1.09 bits per heavy atom. The van der Waals surface area contributed by atoms with Crippen LogP contribution in [0.15, 0.2) is 12.1 Å². The van der Waals surface area contributed by atoms with Crippen LogP contribution >= 0.6 is 0 Å². The molecule has 1 aromatic rings. The third-order valence-electron chi connectivity index (χ3n) is 5.00. The number of likely N-dealkylation sites (tertiary alicyclic amines) is 1. The lowest BCUT2D eigenvalue weighted by Crippen LogP contribution is -2.50. The van der Waals surface area contributed by atoms with Crippen molar-refractivity contribution in [3.63, 3.8) is 0 Å². The van der Waals surface area contributed by atoms with Crippen molar-refractivity contribution in [2.24, 2.45) is 0 Å². The lowest BCUT2D eigenvalue weighted by atomic mass is 9.91. The minimum atomic E-state index is -0.522. The van der Waals surface area contributed by atoms with Crippen molar-refractivity contribution in [3.05, 3.63) is 17.8 Å². The summed E-state index contributed by atoms with van der Waals surface area (Å²) in [5, 5.41) is 19.5. The molecule has 3 rings (SSSR count). The zero-order chi connectivity index (χ0) is 15.6. The van der Waals surface area contributed by atoms with E-state index in [-0.39, 0.29) is 0 Å². The van der Waals surface area contributed by atoms with Crippen molar-refractivity contribution in [3.8, 4) is 0 Å². The Morgan fingerprint density at radius 2 is 1.77 bits per heavy atom. The van der Waals surface area contributed by atoms with E-state index < -0.39 is 5.60 Å². The van der Waals surface area contributed by atoms with Crippen molar-refractivity contribution in [1.82, 2.24) is 15.1 Å². The maximum absolute atomic E-state index is 10.8. The van der Waals surface area contributed by atoms with Crippen LogP contribution in [0.5, 0.6) is 0 Å². The molecule has 0 aromatic carbocycles. The number of aliphatic hydroxyl groups is 1. The summed E-state index contributed by atoms with van der Waals surface area (Å²) in [4.78, 5) is 4.66. The topological polar surface area (TPSA) is 52.5 Å². The first kappa shape index (κ1) is 15.7. The van der Waals surface area contributed by atoms with Crippen LogP contribution in [0.3, 0.4) is 0 Å². The van der Waals surface area contributed by atoms with Crippen LogP contribution in [-0.4, -0.2) is 58.5 Å². The number of hydrogen-bond donors (Lipinski definition) is 1. The molecular weight excluding hydrogens is 276 g/mol. The Balaban J connectivity index is 1.56. The predicted molar refractivity (Wildman–Crippen MR) is 88.2 cm³/mol. The molecule has 5 nitrogen and oxygen atoms in total. The molecule has 0 amide bonds. The Hall–Kier alpha value is -1.20. The summed E-state index contributed by atoms with van der Waals surface area (Å²) in [7, 11) is 0. The second-order valence-corrected chi connectivity index (χ2v) is 7.17. The zero-order valence-corrected chi connectivity index (χ0v) is 13.8. The largest absolute Gasteiger partial charge is 0.388 e. The molecule has 0 radical (unpaired) electrons. The highest BCUT2D eigenvalue weighted by Crippen LogP contribution is 2.27. The lowest BCUT2D eigenvalue weighted by Gasteiger charge is -2.40. The SMILES string of the molecule is CC(C)c1ccc(N2CCC(O)(CN3CCCC3)CC2)nn1. The number of anilines is 1. The summed E-state index contributed by atoms with van der Waals surface area (Å²) in [6.07, 6.45) is 4.19. The number of nitrogens with zero attached hydrogens (tertiary/aromatic N) is 4. The molecule has 0 saturated carbocycles. The van der Waals surface area contributed by atoms with Crippen molar-refractivity contribution in [1.29, 1.82) is 0 Å². The molecule has 2 aliphatic rings. The van der Waals surface area contributed by atoms with Gasteiger partial charge in [-0.3, -0.25) is 0 Å². The fraction of sp³-hybridized carbons (Fsp3) is 0.765. The standard InChI is InChI=1S/C17H28N4O/c1-14(2)15-5-6-16(19-18-15)21-11-7-17(22,8-12-21)13-20-9-3-4-10-20/h5-6,14,22H,3-4,7-13H2,1-2H3. The lowest BCUT2D eigenvalue weighted by molar-refractivity contribution is -0.0112. The maximum atomic E-state index is 10.8. The molecule has 0 unspecified atom stereocenters. The smallest absolute Gasteiger partial charge is 0.151 e. The highest BCUT2D eigenvalue weighted by atomic mass is 16.3. The minimum Gasteiger partial charge on any atom is -0.388 e. The van der Waals surface area contributed by atoms with E-state index in [1.807, 2.05) is 0 Å². The van der Waals surface area contributed by atoms with Gasteiger partial charge < -0.3 is 14.9 Å². The first-order chi connectivity index (χ1) is 10.6. The third kappa shape index (κ3) is 3.58. The average Bonchev–Trinajstić information content (AvgIpc) is 3.00. The van der Waals surface area contributed by atoms with Gasteiger partial charge in [0.05, 0.1) is 11.3 Å². The quantitative estimate of drug-likeness (QED) is 0.922. The number of β-amino-alcohol motifs (C(OH)–C–C–N with tert-alkyl or cyclic N) is 1. The molecule has 2 aliphatic heterocycles. The second kappa shape index (κ2) is 6.50. The molecule has 3 heterocycles. The zero-order valence-electron chi connectivity index (χ0n) is 13.8. The van der Waals surface area contributed by atoms with E-state index in [1.165, 1.54) is 12.8 Å². The van der Waals surface area contributed by atoms with Gasteiger partial charge >= 0.3 is 0 Å². The van der Waals surface area contributed by atoms with Gasteiger partial charge in [0.15, 0.2) is 5.82 Å². The van der Waals surface area contributed by atoms with E-state index in [4.69, 9.17) is 0 Å². The molecule has 122 valence electrons. The van der Waals surface area contributed by atoms with Crippen LogP contribution < -0.4 is 4.90 Å². The predicted octanol–water partition coefficient (Wildman–Crippen LogP) is 2.03. The summed E-state index contributed by atoms with van der Waals surface area (Å²) in [5.74, 6) is 1.35. The Bertz CT molecular complexity index is 474. The minimum absolute atomic E-state index is 0.411. The second-order valence-electron chi connectivity index (χ2n) is 7.17. The normalized spacial score (nSPS) is 22.5. The van der Waals surface area contributed by atoms with Gasteiger partial charge in [0.1, 0.15) is 0 Å². The highest BCUT2D eigenvalue weighted by molar-refractivity contribution is 5.38. The molecule has 5 heteroatoms. The molecule has 22 heavy (non-hydrogen) atoms. The van der Waals surface area contributed by atoms with Gasteiger partial charge in [-0.15, -0.1) is 5.10 Å². The molecule has 2 fully saturated rings. The van der Waals surface area contributed by atoms with E-state index in [1.54, 1.807) is 0 Å². The van der Waals surface area contributed by atoms with Crippen molar-refractivity contribution in [2.75, 3.05) is 37.6 Å². The average molecular weight is 304 g/mol. The van der Waals surface area contributed by atoms with E-state index >= 15 is 0 Å². The monoisotopic (exact) mass is 304 g/mol. The summed E-state index contributed by atoms with van der Waals surface area (Å²) in [6.45, 7) is 9.10. The van der Waals surface area contributed by atoms with E-state index in [0.29, 0.717) is 5.92 Å². The van der Waals surface area contributed by atoms with E-state index in [0.717, 1.165) is 57.1 Å². The number of hydrogen-bond acceptors (Lipinski definition) is 5. The Kier molecular flexibility index (Phi) is 4.64. The van der Waals surface area contributed by atoms with Crippen LogP contribution in [0.25, 0.3) is 0 Å². The van der Waals surface area contributed by atoms with Gasteiger partial charge in [-0.1, -0.05) is 13.8 Å². The molecule has 2 saturated heterocycles. The maximum Gasteiger partial charge on any atom is 0.151 e. The van der Waals surface area contributed by atoms with Gasteiger partial charge in [0.25, 0.3) is 0 Å². The van der Waals surface area contributed by atoms with Crippen LogP contribution in [0, 0.1) is 0 Å². The van der Waals surface area contributed by atoms with Crippen LogP contribution in [0.1, 0.15) is 51.1 Å². The number of rotatable bonds is 4. The molecule has 1 N–H and O–H groups in total. The number of aromatic nitrogens is 2. The summed E-state index contributed by atoms with van der Waals surface area (Å²) in [6, 6.07) is 4.13. The van der Waals surface area contributed by atoms with Crippen molar-refractivity contribution in [2.45, 2.75) is 51.0 Å². The summed E-state index contributed by atoms with van der Waals surface area (Å²) in [5.41, 5.74) is 0.512. The molecule has 0 atom stereocenters. The van der Waals surface area contributed by atoms with Crippen LogP contribution in [0.4, 0.5) is 5.82 Å². The summed E-state index contributed by atoms with van der Waals surface area (Å²) >= 11 is 0. The summed E-state index contributed by atoms with van der Waals surface area (Å²) < 4.78 is 0. The molecule has 0 aliphatic carbocycles. The van der Waals surface area contributed by atoms with Gasteiger partial charge in [0.2, 0.25) is 0 Å². The van der Waals surface area contributed by atoms with E-state index in [2.05, 4.69) is 46.0 Å². The van der Waals surface area contributed by atoms with Crippen LogP contribution in [-0.2, 0) is 0 Å². The molecule has 1 aromatic heterocycles. The fourth-order valence-electron chi connectivity index (χ4n) is 3.48. The third-order valence-corrected chi connectivity index (χ3v) is 5.00. The first-order valence-corrected chi connectivity index (χ1v) is 8.59. The van der Waals surface area contributed by atoms with Gasteiger partial charge in [-0.25, -0.2) is 0 Å². The molecule has 0 bridgehead atoms. The fourth-order valence-corrected chi connectivity index (χ4v) is 3.48. The van der Waals surface area contributed by atoms with Gasteiger partial charge in [-0.05, 0) is 56.8 Å². The highest BCUT2D eigenvalue weighted by Gasteiger charge is 2.35. The Morgan fingerprint density at radius 3 is 2.32 bits per heavy atom. The van der Waals surface area contributed by atoms with Gasteiger partial charge in [-0.2, -0.15) is 5.10 Å². The Labute approximate surface area is 133 Å². The molecule has 0 spiro atoms. The van der Waals surface area contributed by atoms with Crippen molar-refractivity contribution >= 4 is 5.82 Å². The van der Waals surface area contributed by atoms with Crippen molar-refractivity contribution < 1.29 is 5.11 Å².